The Bertz CT molecular complexity index is 254. The van der Waals surface area contributed by atoms with Gasteiger partial charge in [0.15, 0.2) is 0 Å². The maximum absolute atomic E-state index is 12.2. The van der Waals surface area contributed by atoms with E-state index in [9.17, 15) is 4.79 Å². The Labute approximate surface area is 104 Å². The third kappa shape index (κ3) is 4.28. The van der Waals surface area contributed by atoms with Crippen LogP contribution in [0.4, 0.5) is 0 Å². The fourth-order valence-electron chi connectivity index (χ4n) is 2.45. The lowest BCUT2D eigenvalue weighted by Gasteiger charge is -2.38. The van der Waals surface area contributed by atoms with Crippen LogP contribution >= 0.6 is 0 Å². The zero-order valence-corrected chi connectivity index (χ0v) is 11.3. The van der Waals surface area contributed by atoms with Gasteiger partial charge in [-0.3, -0.25) is 4.79 Å². The summed E-state index contributed by atoms with van der Waals surface area (Å²) < 4.78 is 0. The average molecular weight is 242 g/mol. The van der Waals surface area contributed by atoms with Gasteiger partial charge in [-0.25, -0.2) is 0 Å². The Morgan fingerprint density at radius 1 is 1.59 bits per heavy atom. The van der Waals surface area contributed by atoms with Crippen LogP contribution in [-0.2, 0) is 4.79 Å². The van der Waals surface area contributed by atoms with Gasteiger partial charge in [0.2, 0.25) is 5.91 Å². The molecule has 2 unspecified atom stereocenters. The first kappa shape index (κ1) is 14.5. The highest BCUT2D eigenvalue weighted by Crippen LogP contribution is 2.30. The summed E-state index contributed by atoms with van der Waals surface area (Å²) in [6.07, 6.45) is 3.79. The van der Waals surface area contributed by atoms with Crippen molar-refractivity contribution in [1.29, 1.82) is 0 Å². The Balaban J connectivity index is 2.45. The van der Waals surface area contributed by atoms with Crippen LogP contribution in [0.5, 0.6) is 0 Å². The van der Waals surface area contributed by atoms with Crippen LogP contribution in [0.2, 0.25) is 0 Å². The highest BCUT2D eigenvalue weighted by atomic mass is 16.3. The number of amides is 1. The van der Waals surface area contributed by atoms with Gasteiger partial charge in [0.25, 0.3) is 0 Å². The molecule has 3 N–H and O–H groups in total. The summed E-state index contributed by atoms with van der Waals surface area (Å²) >= 11 is 0. The number of carbonyl (C=O) groups excluding carboxylic acids is 1. The Kier molecular flexibility index (Phi) is 5.40. The number of hydrogen-bond acceptors (Lipinski definition) is 3. The second-order valence-electron chi connectivity index (χ2n) is 5.75. The first-order valence-corrected chi connectivity index (χ1v) is 6.62. The molecule has 0 aliphatic carbocycles. The lowest BCUT2D eigenvalue weighted by molar-refractivity contribution is -0.127. The predicted molar refractivity (Wildman–Crippen MR) is 68.7 cm³/mol. The molecular weight excluding hydrogens is 216 g/mol. The first-order chi connectivity index (χ1) is 7.97. The SMILES string of the molecule is CC(CCCO)NC(=O)C1NCCCC1(C)C. The van der Waals surface area contributed by atoms with E-state index < -0.39 is 0 Å². The van der Waals surface area contributed by atoms with Crippen LogP contribution in [0.1, 0.15) is 46.5 Å². The maximum atomic E-state index is 12.2. The number of rotatable bonds is 5. The molecule has 1 aliphatic heterocycles. The summed E-state index contributed by atoms with van der Waals surface area (Å²) in [6.45, 7) is 7.38. The molecule has 1 saturated heterocycles. The van der Waals surface area contributed by atoms with Crippen molar-refractivity contribution in [3.63, 3.8) is 0 Å². The minimum Gasteiger partial charge on any atom is -0.396 e. The first-order valence-electron chi connectivity index (χ1n) is 6.62. The van der Waals surface area contributed by atoms with Crippen LogP contribution < -0.4 is 10.6 Å². The summed E-state index contributed by atoms with van der Waals surface area (Å²) in [4.78, 5) is 12.2. The molecule has 0 radical (unpaired) electrons. The molecule has 17 heavy (non-hydrogen) atoms. The molecule has 1 aliphatic rings. The smallest absolute Gasteiger partial charge is 0.237 e. The summed E-state index contributed by atoms with van der Waals surface area (Å²) in [7, 11) is 0. The van der Waals surface area contributed by atoms with E-state index in [0.717, 1.165) is 32.2 Å². The highest BCUT2D eigenvalue weighted by Gasteiger charge is 2.37. The molecule has 0 bridgehead atoms. The maximum Gasteiger partial charge on any atom is 0.237 e. The molecular formula is C13H26N2O2. The van der Waals surface area contributed by atoms with E-state index in [1.54, 1.807) is 0 Å². The summed E-state index contributed by atoms with van der Waals surface area (Å²) in [5.74, 6) is 0.0974. The molecule has 1 heterocycles. The van der Waals surface area contributed by atoms with E-state index in [-0.39, 0.29) is 30.0 Å². The normalized spacial score (nSPS) is 25.3. The lowest BCUT2D eigenvalue weighted by Crippen LogP contribution is -2.56. The molecule has 1 fully saturated rings. The van der Waals surface area contributed by atoms with Crippen molar-refractivity contribution in [2.75, 3.05) is 13.2 Å². The van der Waals surface area contributed by atoms with Gasteiger partial charge in [-0.15, -0.1) is 0 Å². The van der Waals surface area contributed by atoms with E-state index in [1.165, 1.54) is 0 Å². The number of piperidine rings is 1. The van der Waals surface area contributed by atoms with Crippen LogP contribution in [-0.4, -0.2) is 36.2 Å². The Morgan fingerprint density at radius 3 is 2.88 bits per heavy atom. The topological polar surface area (TPSA) is 61.4 Å². The second kappa shape index (κ2) is 6.36. The molecule has 0 aromatic carbocycles. The quantitative estimate of drug-likeness (QED) is 0.675. The lowest BCUT2D eigenvalue weighted by atomic mass is 9.77. The van der Waals surface area contributed by atoms with E-state index >= 15 is 0 Å². The standard InChI is InChI=1S/C13H26N2O2/c1-10(6-4-9-16)15-12(17)11-13(2,3)7-5-8-14-11/h10-11,14,16H,4-9H2,1-3H3,(H,15,17). The fraction of sp³-hybridized carbons (Fsp3) is 0.923. The minimum atomic E-state index is -0.0900. The van der Waals surface area contributed by atoms with Crippen LogP contribution in [0.15, 0.2) is 0 Å². The molecule has 1 amide bonds. The molecule has 4 nitrogen and oxygen atoms in total. The van der Waals surface area contributed by atoms with E-state index in [4.69, 9.17) is 5.11 Å². The van der Waals surface area contributed by atoms with E-state index in [1.807, 2.05) is 6.92 Å². The highest BCUT2D eigenvalue weighted by molar-refractivity contribution is 5.83. The zero-order chi connectivity index (χ0) is 12.9. The summed E-state index contributed by atoms with van der Waals surface area (Å²) in [5, 5.41) is 15.1. The molecule has 100 valence electrons. The third-order valence-electron chi connectivity index (χ3n) is 3.57. The van der Waals surface area contributed by atoms with Crippen molar-refractivity contribution >= 4 is 5.91 Å². The van der Waals surface area contributed by atoms with Crippen molar-refractivity contribution < 1.29 is 9.90 Å². The van der Waals surface area contributed by atoms with Crippen molar-refractivity contribution in [1.82, 2.24) is 10.6 Å². The number of carbonyl (C=O) groups is 1. The molecule has 0 saturated carbocycles. The van der Waals surface area contributed by atoms with Gasteiger partial charge >= 0.3 is 0 Å². The van der Waals surface area contributed by atoms with Crippen molar-refractivity contribution in [3.05, 3.63) is 0 Å². The van der Waals surface area contributed by atoms with E-state index in [2.05, 4.69) is 24.5 Å². The molecule has 1 rings (SSSR count). The second-order valence-corrected chi connectivity index (χ2v) is 5.75. The van der Waals surface area contributed by atoms with Gasteiger partial charge in [0.05, 0.1) is 6.04 Å². The molecule has 0 spiro atoms. The Morgan fingerprint density at radius 2 is 2.29 bits per heavy atom. The van der Waals surface area contributed by atoms with Crippen LogP contribution in [0.3, 0.4) is 0 Å². The van der Waals surface area contributed by atoms with E-state index in [0.29, 0.717) is 0 Å². The molecule has 2 atom stereocenters. The minimum absolute atomic E-state index is 0.0268. The third-order valence-corrected chi connectivity index (χ3v) is 3.57. The Hall–Kier alpha value is -0.610. The van der Waals surface area contributed by atoms with Gasteiger partial charge in [-0.2, -0.15) is 0 Å². The van der Waals surface area contributed by atoms with Crippen molar-refractivity contribution in [3.8, 4) is 0 Å². The monoisotopic (exact) mass is 242 g/mol. The predicted octanol–water partition coefficient (Wildman–Crippen LogP) is 1.04. The summed E-state index contributed by atoms with van der Waals surface area (Å²) in [6, 6.07) is 0.0435. The number of aliphatic hydroxyl groups excluding tert-OH is 1. The van der Waals surface area contributed by atoms with Crippen LogP contribution in [0, 0.1) is 5.41 Å². The van der Waals surface area contributed by atoms with Gasteiger partial charge in [-0.1, -0.05) is 13.8 Å². The number of hydrogen-bond donors (Lipinski definition) is 3. The molecule has 0 aromatic heterocycles. The average Bonchev–Trinajstić information content (AvgIpc) is 2.25. The largest absolute Gasteiger partial charge is 0.396 e. The van der Waals surface area contributed by atoms with Gasteiger partial charge in [-0.05, 0) is 44.6 Å². The zero-order valence-electron chi connectivity index (χ0n) is 11.3. The molecule has 0 aromatic rings. The summed E-state index contributed by atoms with van der Waals surface area (Å²) in [5.41, 5.74) is 0.0268. The number of nitrogens with one attached hydrogen (secondary N) is 2. The van der Waals surface area contributed by atoms with Gasteiger partial charge in [0, 0.05) is 12.6 Å². The van der Waals surface area contributed by atoms with Gasteiger partial charge < -0.3 is 15.7 Å². The van der Waals surface area contributed by atoms with Gasteiger partial charge in [0.1, 0.15) is 0 Å². The fourth-order valence-corrected chi connectivity index (χ4v) is 2.45. The molecule has 4 heteroatoms. The van der Waals surface area contributed by atoms with Crippen LogP contribution in [0.25, 0.3) is 0 Å². The van der Waals surface area contributed by atoms with Crippen molar-refractivity contribution in [2.45, 2.75) is 58.5 Å². The van der Waals surface area contributed by atoms with Crippen molar-refractivity contribution in [2.24, 2.45) is 5.41 Å². The number of aliphatic hydroxyl groups is 1.